The van der Waals surface area contributed by atoms with Crippen LogP contribution >= 0.6 is 0 Å². The van der Waals surface area contributed by atoms with E-state index in [1.165, 1.54) is 17.5 Å². The molecule has 0 unspecified atom stereocenters. The van der Waals surface area contributed by atoms with Crippen LogP contribution in [0.1, 0.15) is 68.7 Å². The Kier molecular flexibility index (Phi) is 4.24. The SMILES string of the molecule is CC1(C)CCC(C)(C)c2cc(C#Cc3ccc(CC(=O)[O-])o3)ccc21. The summed E-state index contributed by atoms with van der Waals surface area (Å²) in [5.74, 6) is 5.78. The topological polar surface area (TPSA) is 53.3 Å². The van der Waals surface area contributed by atoms with Gasteiger partial charge in [-0.25, -0.2) is 0 Å². The van der Waals surface area contributed by atoms with E-state index in [4.69, 9.17) is 4.42 Å². The summed E-state index contributed by atoms with van der Waals surface area (Å²) in [6.07, 6.45) is 2.12. The molecule has 1 aliphatic rings. The van der Waals surface area contributed by atoms with Gasteiger partial charge in [0.15, 0.2) is 5.76 Å². The third-order valence-electron chi connectivity index (χ3n) is 5.16. The molecule has 0 bridgehead atoms. The van der Waals surface area contributed by atoms with Crippen molar-refractivity contribution in [2.45, 2.75) is 57.8 Å². The number of aliphatic carboxylic acids is 1. The van der Waals surface area contributed by atoms with Crippen LogP contribution in [-0.2, 0) is 22.0 Å². The van der Waals surface area contributed by atoms with Crippen molar-refractivity contribution in [3.8, 4) is 11.8 Å². The van der Waals surface area contributed by atoms with Gasteiger partial charge in [-0.3, -0.25) is 0 Å². The van der Waals surface area contributed by atoms with Gasteiger partial charge in [0.1, 0.15) is 5.76 Å². The Hall–Kier alpha value is -2.47. The van der Waals surface area contributed by atoms with Gasteiger partial charge in [-0.1, -0.05) is 39.7 Å². The number of carboxylic acid groups (broad SMARTS) is 1. The van der Waals surface area contributed by atoms with E-state index < -0.39 is 5.97 Å². The fourth-order valence-corrected chi connectivity index (χ4v) is 3.48. The predicted octanol–water partition coefficient (Wildman–Crippen LogP) is 3.32. The third kappa shape index (κ3) is 3.64. The maximum absolute atomic E-state index is 10.6. The molecule has 130 valence electrons. The molecule has 0 spiro atoms. The molecule has 0 amide bonds. The molecule has 3 heteroatoms. The van der Waals surface area contributed by atoms with E-state index in [9.17, 15) is 9.90 Å². The molecule has 1 aromatic carbocycles. The summed E-state index contributed by atoms with van der Waals surface area (Å²) in [5, 5.41) is 10.6. The molecule has 0 fully saturated rings. The number of carbonyl (C=O) groups excluding carboxylic acids is 1. The quantitative estimate of drug-likeness (QED) is 0.791. The average molecular weight is 335 g/mol. The van der Waals surface area contributed by atoms with Crippen molar-refractivity contribution in [1.29, 1.82) is 0 Å². The minimum absolute atomic E-state index is 0.148. The van der Waals surface area contributed by atoms with E-state index in [1.54, 1.807) is 12.1 Å². The summed E-state index contributed by atoms with van der Waals surface area (Å²) >= 11 is 0. The van der Waals surface area contributed by atoms with Gasteiger partial charge in [-0.2, -0.15) is 0 Å². The first-order chi connectivity index (χ1) is 11.7. The molecule has 3 nitrogen and oxygen atoms in total. The molecule has 25 heavy (non-hydrogen) atoms. The van der Waals surface area contributed by atoms with Gasteiger partial charge in [0.05, 0.1) is 0 Å². The molecular weight excluding hydrogens is 312 g/mol. The Morgan fingerprint density at radius 3 is 2.40 bits per heavy atom. The minimum Gasteiger partial charge on any atom is -0.550 e. The van der Waals surface area contributed by atoms with Gasteiger partial charge in [-0.15, -0.1) is 0 Å². The van der Waals surface area contributed by atoms with E-state index >= 15 is 0 Å². The van der Waals surface area contributed by atoms with Crippen LogP contribution in [0.25, 0.3) is 0 Å². The Bertz CT molecular complexity index is 872. The number of carboxylic acids is 1. The standard InChI is InChI=1S/C22H24O3/c1-21(2)11-12-22(3,4)19-13-15(6-10-18(19)21)5-7-16-8-9-17(25-16)14-20(23)24/h6,8-10,13H,11-12,14H2,1-4H3,(H,23,24)/p-1. The second kappa shape index (κ2) is 6.11. The summed E-state index contributed by atoms with van der Waals surface area (Å²) in [7, 11) is 0. The van der Waals surface area contributed by atoms with E-state index in [0.717, 1.165) is 12.0 Å². The first-order valence-electron chi connectivity index (χ1n) is 8.63. The minimum atomic E-state index is -1.16. The zero-order chi connectivity index (χ0) is 18.2. The lowest BCUT2D eigenvalue weighted by atomic mass is 9.63. The summed E-state index contributed by atoms with van der Waals surface area (Å²) in [4.78, 5) is 10.6. The fourth-order valence-electron chi connectivity index (χ4n) is 3.48. The number of benzene rings is 1. The number of hydrogen-bond donors (Lipinski definition) is 0. The van der Waals surface area contributed by atoms with E-state index in [-0.39, 0.29) is 17.3 Å². The predicted molar refractivity (Wildman–Crippen MR) is 95.1 cm³/mol. The van der Waals surface area contributed by atoms with Gasteiger partial charge in [-0.05, 0) is 65.0 Å². The zero-order valence-corrected chi connectivity index (χ0v) is 15.2. The summed E-state index contributed by atoms with van der Waals surface area (Å²) < 4.78 is 5.41. The van der Waals surface area contributed by atoms with Crippen molar-refractivity contribution in [3.63, 3.8) is 0 Å². The lowest BCUT2D eigenvalue weighted by Crippen LogP contribution is -2.33. The molecule has 0 aliphatic heterocycles. The van der Waals surface area contributed by atoms with Crippen LogP contribution in [0.3, 0.4) is 0 Å². The van der Waals surface area contributed by atoms with Crippen molar-refractivity contribution in [1.82, 2.24) is 0 Å². The number of fused-ring (bicyclic) bond motifs is 1. The van der Waals surface area contributed by atoms with Crippen LogP contribution in [0.4, 0.5) is 0 Å². The van der Waals surface area contributed by atoms with Gasteiger partial charge in [0.25, 0.3) is 0 Å². The molecular formula is C22H23O3-. The van der Waals surface area contributed by atoms with Gasteiger partial charge in [0, 0.05) is 18.0 Å². The van der Waals surface area contributed by atoms with Crippen molar-refractivity contribution >= 4 is 5.97 Å². The maximum atomic E-state index is 10.6. The van der Waals surface area contributed by atoms with Crippen molar-refractivity contribution < 1.29 is 14.3 Å². The molecule has 0 atom stereocenters. The lowest BCUT2D eigenvalue weighted by molar-refractivity contribution is -0.305. The monoisotopic (exact) mass is 335 g/mol. The molecule has 1 heterocycles. The number of rotatable bonds is 2. The number of carbonyl (C=O) groups is 1. The van der Waals surface area contributed by atoms with E-state index in [0.29, 0.717) is 11.5 Å². The normalized spacial score (nSPS) is 17.3. The highest BCUT2D eigenvalue weighted by atomic mass is 16.4. The third-order valence-corrected chi connectivity index (χ3v) is 5.16. The number of hydrogen-bond acceptors (Lipinski definition) is 3. The van der Waals surface area contributed by atoms with Crippen molar-refractivity contribution in [2.75, 3.05) is 0 Å². The van der Waals surface area contributed by atoms with E-state index in [1.807, 2.05) is 0 Å². The largest absolute Gasteiger partial charge is 0.550 e. The van der Waals surface area contributed by atoms with Crippen LogP contribution in [0, 0.1) is 11.8 Å². The highest BCUT2D eigenvalue weighted by Gasteiger charge is 2.36. The molecule has 0 N–H and O–H groups in total. The Balaban J connectivity index is 1.91. The fraction of sp³-hybridized carbons (Fsp3) is 0.409. The average Bonchev–Trinajstić information content (AvgIpc) is 2.96. The van der Waals surface area contributed by atoms with Gasteiger partial charge < -0.3 is 14.3 Å². The first kappa shape index (κ1) is 17.4. The highest BCUT2D eigenvalue weighted by molar-refractivity contribution is 5.67. The van der Waals surface area contributed by atoms with E-state index in [2.05, 4.69) is 57.7 Å². The molecule has 0 saturated carbocycles. The zero-order valence-electron chi connectivity index (χ0n) is 15.2. The second-order valence-corrected chi connectivity index (χ2v) is 8.09. The maximum Gasteiger partial charge on any atom is 0.177 e. The Morgan fingerprint density at radius 1 is 1.04 bits per heavy atom. The Morgan fingerprint density at radius 2 is 1.72 bits per heavy atom. The lowest BCUT2D eigenvalue weighted by Gasteiger charge is -2.41. The molecule has 1 aliphatic carbocycles. The molecule has 1 aromatic heterocycles. The molecule has 3 rings (SSSR count). The van der Waals surface area contributed by atoms with Crippen LogP contribution < -0.4 is 5.11 Å². The number of furan rings is 1. The Labute approximate surface area is 149 Å². The molecule has 0 saturated heterocycles. The van der Waals surface area contributed by atoms with Gasteiger partial charge in [0.2, 0.25) is 0 Å². The summed E-state index contributed by atoms with van der Waals surface area (Å²) in [6, 6.07) is 9.76. The van der Waals surface area contributed by atoms with Crippen molar-refractivity contribution in [2.24, 2.45) is 0 Å². The smallest absolute Gasteiger partial charge is 0.177 e. The van der Waals surface area contributed by atoms with Crippen molar-refractivity contribution in [3.05, 3.63) is 58.5 Å². The highest BCUT2D eigenvalue weighted by Crippen LogP contribution is 2.45. The van der Waals surface area contributed by atoms with Crippen LogP contribution in [-0.4, -0.2) is 5.97 Å². The summed E-state index contributed by atoms with van der Waals surface area (Å²) in [5.41, 5.74) is 4.06. The van der Waals surface area contributed by atoms with Crippen LogP contribution in [0.15, 0.2) is 34.7 Å². The van der Waals surface area contributed by atoms with Crippen LogP contribution in [0.2, 0.25) is 0 Å². The first-order valence-corrected chi connectivity index (χ1v) is 8.63. The van der Waals surface area contributed by atoms with Gasteiger partial charge >= 0.3 is 0 Å². The van der Waals surface area contributed by atoms with Crippen LogP contribution in [0.5, 0.6) is 0 Å². The summed E-state index contributed by atoms with van der Waals surface area (Å²) in [6.45, 7) is 9.18. The molecule has 0 radical (unpaired) electrons. The second-order valence-electron chi connectivity index (χ2n) is 8.09. The molecule has 2 aromatic rings.